The highest BCUT2D eigenvalue weighted by molar-refractivity contribution is 5.86. The maximum Gasteiger partial charge on any atom is 0.411 e. The number of aromatic nitrogens is 4. The van der Waals surface area contributed by atoms with Gasteiger partial charge in [0, 0.05) is 50.4 Å². The van der Waals surface area contributed by atoms with E-state index in [0.29, 0.717) is 25.3 Å². The molecule has 0 bridgehead atoms. The van der Waals surface area contributed by atoms with E-state index in [4.69, 9.17) is 4.74 Å². The van der Waals surface area contributed by atoms with Gasteiger partial charge in [-0.05, 0) is 38.1 Å². The molecule has 0 N–H and O–H groups in total. The molecular formula is C27H33N7O3. The van der Waals surface area contributed by atoms with Gasteiger partial charge in [0.2, 0.25) is 11.7 Å². The Morgan fingerprint density at radius 3 is 2.22 bits per heavy atom. The number of para-hydroxylation sites is 1. The fourth-order valence-electron chi connectivity index (χ4n) is 4.85. The summed E-state index contributed by atoms with van der Waals surface area (Å²) in [6.45, 7) is 8.41. The zero-order valence-corrected chi connectivity index (χ0v) is 21.5. The second-order valence-corrected chi connectivity index (χ2v) is 10.5. The SMILES string of the molecule is CC(C)(C)OC(=O)N1CC(n2nnc(-c3ccccc3)n2)CC1C(=O)N1CCN(c2ccccc2)CC1. The van der Waals surface area contributed by atoms with Crippen molar-refractivity contribution in [3.05, 3.63) is 60.7 Å². The van der Waals surface area contributed by atoms with Crippen LogP contribution in [0.15, 0.2) is 60.7 Å². The van der Waals surface area contributed by atoms with E-state index < -0.39 is 17.7 Å². The van der Waals surface area contributed by atoms with Gasteiger partial charge in [0.05, 0.1) is 6.04 Å². The van der Waals surface area contributed by atoms with Crippen LogP contribution in [0.3, 0.4) is 0 Å². The standard InChI is InChI=1S/C27H33N7O3/c1-27(2,3)37-26(36)33-19-22(34-29-24(28-30-34)20-10-6-4-7-11-20)18-23(33)25(35)32-16-14-31(15-17-32)21-12-8-5-9-13-21/h4-13,22-23H,14-19H2,1-3H3. The number of ether oxygens (including phenoxy) is 1. The van der Waals surface area contributed by atoms with Crippen LogP contribution in [-0.4, -0.2) is 86.4 Å². The third-order valence-corrected chi connectivity index (χ3v) is 6.69. The fourth-order valence-corrected chi connectivity index (χ4v) is 4.85. The summed E-state index contributed by atoms with van der Waals surface area (Å²) in [7, 11) is 0. The maximum absolute atomic E-state index is 13.7. The van der Waals surface area contributed by atoms with Crippen LogP contribution in [0.4, 0.5) is 10.5 Å². The monoisotopic (exact) mass is 503 g/mol. The Morgan fingerprint density at radius 2 is 1.57 bits per heavy atom. The predicted octanol–water partition coefficient (Wildman–Crippen LogP) is 3.24. The van der Waals surface area contributed by atoms with Gasteiger partial charge in [0.1, 0.15) is 11.6 Å². The van der Waals surface area contributed by atoms with Gasteiger partial charge >= 0.3 is 6.09 Å². The number of carbonyl (C=O) groups excluding carboxylic acids is 2. The highest BCUT2D eigenvalue weighted by Gasteiger charge is 2.45. The number of benzene rings is 2. The van der Waals surface area contributed by atoms with Crippen molar-refractivity contribution in [3.8, 4) is 11.4 Å². The molecule has 2 aliphatic heterocycles. The Morgan fingerprint density at radius 1 is 0.919 bits per heavy atom. The first-order valence-corrected chi connectivity index (χ1v) is 12.7. The lowest BCUT2D eigenvalue weighted by molar-refractivity contribution is -0.136. The summed E-state index contributed by atoms with van der Waals surface area (Å²) in [5.41, 5.74) is 1.34. The maximum atomic E-state index is 13.7. The minimum Gasteiger partial charge on any atom is -0.444 e. The first kappa shape index (κ1) is 24.7. The van der Waals surface area contributed by atoms with Crippen LogP contribution in [0.25, 0.3) is 11.4 Å². The second kappa shape index (κ2) is 10.2. The molecule has 3 aromatic rings. The molecule has 2 amide bonds. The second-order valence-electron chi connectivity index (χ2n) is 10.5. The highest BCUT2D eigenvalue weighted by Crippen LogP contribution is 2.30. The van der Waals surface area contributed by atoms with E-state index in [1.54, 1.807) is 0 Å². The van der Waals surface area contributed by atoms with Crippen molar-refractivity contribution in [2.45, 2.75) is 44.9 Å². The summed E-state index contributed by atoms with van der Waals surface area (Å²) >= 11 is 0. The van der Waals surface area contributed by atoms with Gasteiger partial charge in [-0.2, -0.15) is 4.80 Å². The molecule has 2 saturated heterocycles. The van der Waals surface area contributed by atoms with Crippen molar-refractivity contribution in [2.24, 2.45) is 0 Å². The zero-order valence-electron chi connectivity index (χ0n) is 21.5. The number of hydrogen-bond acceptors (Lipinski definition) is 7. The number of piperazine rings is 1. The summed E-state index contributed by atoms with van der Waals surface area (Å²) in [5, 5.41) is 13.0. The molecule has 1 aromatic heterocycles. The Balaban J connectivity index is 1.32. The van der Waals surface area contributed by atoms with Crippen molar-refractivity contribution in [1.82, 2.24) is 30.0 Å². The molecule has 0 aliphatic carbocycles. The van der Waals surface area contributed by atoms with Gasteiger partial charge in [-0.3, -0.25) is 9.69 Å². The Labute approximate surface area is 216 Å². The summed E-state index contributed by atoms with van der Waals surface area (Å²) < 4.78 is 5.67. The Hall–Kier alpha value is -3.95. The van der Waals surface area contributed by atoms with Crippen molar-refractivity contribution in [3.63, 3.8) is 0 Å². The van der Waals surface area contributed by atoms with Crippen molar-refractivity contribution in [1.29, 1.82) is 0 Å². The third-order valence-electron chi connectivity index (χ3n) is 6.69. The number of tetrazole rings is 1. The van der Waals surface area contributed by atoms with Gasteiger partial charge in [-0.1, -0.05) is 48.5 Å². The van der Waals surface area contributed by atoms with Crippen LogP contribution < -0.4 is 4.90 Å². The van der Waals surface area contributed by atoms with Crippen LogP contribution in [0.5, 0.6) is 0 Å². The molecule has 10 nitrogen and oxygen atoms in total. The summed E-state index contributed by atoms with van der Waals surface area (Å²) in [4.78, 5) is 34.1. The Bertz CT molecular complexity index is 1220. The first-order chi connectivity index (χ1) is 17.8. The minimum atomic E-state index is -0.671. The van der Waals surface area contributed by atoms with Crippen molar-refractivity contribution in [2.75, 3.05) is 37.6 Å². The molecule has 10 heteroatoms. The van der Waals surface area contributed by atoms with Crippen molar-refractivity contribution >= 4 is 17.7 Å². The van der Waals surface area contributed by atoms with Crippen molar-refractivity contribution < 1.29 is 14.3 Å². The van der Waals surface area contributed by atoms with E-state index >= 15 is 0 Å². The quantitative estimate of drug-likeness (QED) is 0.539. The average Bonchev–Trinajstić information content (AvgIpc) is 3.57. The van der Waals surface area contributed by atoms with E-state index in [1.165, 1.54) is 9.70 Å². The van der Waals surface area contributed by atoms with Crippen LogP contribution >= 0.6 is 0 Å². The lowest BCUT2D eigenvalue weighted by atomic mass is 10.1. The van der Waals surface area contributed by atoms with E-state index in [2.05, 4.69) is 32.4 Å². The molecule has 194 valence electrons. The van der Waals surface area contributed by atoms with Crippen LogP contribution in [0, 0.1) is 0 Å². The number of rotatable bonds is 4. The smallest absolute Gasteiger partial charge is 0.411 e. The Kier molecular flexibility index (Phi) is 6.82. The van der Waals surface area contributed by atoms with E-state index in [0.717, 1.165) is 24.3 Å². The molecule has 0 spiro atoms. The number of likely N-dealkylation sites (tertiary alicyclic amines) is 1. The van der Waals surface area contributed by atoms with Crippen LogP contribution in [0.2, 0.25) is 0 Å². The normalized spacial score (nSPS) is 20.2. The molecule has 2 unspecified atom stereocenters. The molecular weight excluding hydrogens is 470 g/mol. The minimum absolute atomic E-state index is 0.0653. The van der Waals surface area contributed by atoms with Gasteiger partial charge < -0.3 is 14.5 Å². The van der Waals surface area contributed by atoms with Gasteiger partial charge in [0.25, 0.3) is 0 Å². The van der Waals surface area contributed by atoms with Crippen LogP contribution in [-0.2, 0) is 9.53 Å². The lowest BCUT2D eigenvalue weighted by Crippen LogP contribution is -2.54. The van der Waals surface area contributed by atoms with Crippen LogP contribution in [0.1, 0.15) is 33.2 Å². The number of amides is 2. The third kappa shape index (κ3) is 5.58. The average molecular weight is 504 g/mol. The molecule has 2 aromatic carbocycles. The topological polar surface area (TPSA) is 96.7 Å². The first-order valence-electron chi connectivity index (χ1n) is 12.7. The van der Waals surface area contributed by atoms with E-state index in [9.17, 15) is 9.59 Å². The number of hydrogen-bond donors (Lipinski definition) is 0. The molecule has 0 radical (unpaired) electrons. The summed E-state index contributed by atoms with van der Waals surface area (Å²) in [5.74, 6) is 0.445. The lowest BCUT2D eigenvalue weighted by Gasteiger charge is -2.38. The van der Waals surface area contributed by atoms with Gasteiger partial charge in [0.15, 0.2) is 0 Å². The predicted molar refractivity (Wildman–Crippen MR) is 139 cm³/mol. The van der Waals surface area contributed by atoms with E-state index in [-0.39, 0.29) is 18.5 Å². The molecule has 2 atom stereocenters. The summed E-state index contributed by atoms with van der Waals surface area (Å²) in [6.07, 6.45) is -0.0960. The van der Waals surface area contributed by atoms with Gasteiger partial charge in [-0.25, -0.2) is 4.79 Å². The number of anilines is 1. The fraction of sp³-hybridized carbons (Fsp3) is 0.444. The number of nitrogens with zero attached hydrogens (tertiary/aromatic N) is 7. The van der Waals surface area contributed by atoms with Gasteiger partial charge in [-0.15, -0.1) is 10.2 Å². The zero-order chi connectivity index (χ0) is 26.0. The largest absolute Gasteiger partial charge is 0.444 e. The molecule has 0 saturated carbocycles. The summed E-state index contributed by atoms with van der Waals surface area (Å²) in [6, 6.07) is 18.9. The molecule has 2 fully saturated rings. The number of carbonyl (C=O) groups is 2. The highest BCUT2D eigenvalue weighted by atomic mass is 16.6. The molecule has 2 aliphatic rings. The van der Waals surface area contributed by atoms with E-state index in [1.807, 2.05) is 74.2 Å². The molecule has 5 rings (SSSR count). The molecule has 3 heterocycles. The molecule has 37 heavy (non-hydrogen) atoms.